The molecule has 1 fully saturated rings. The summed E-state index contributed by atoms with van der Waals surface area (Å²) in [6, 6.07) is 13.4. The Labute approximate surface area is 189 Å². The third kappa shape index (κ3) is 3.82. The standard InChI is InChI=1S/C24H23N3O4S/c1-29-20-8-7-16(13-21(20)30-2)23-26-18(14-32-23)24(28)27-11-9-15(10-12-27)22-25-17-5-3-4-6-19(17)31-22/h3-8,13-15H,9-12H2,1-2H3. The Hall–Kier alpha value is -3.39. The van der Waals surface area contributed by atoms with Crippen LogP contribution in [0.25, 0.3) is 21.7 Å². The van der Waals surface area contributed by atoms with E-state index >= 15 is 0 Å². The molecule has 0 unspecified atom stereocenters. The molecule has 1 amide bonds. The van der Waals surface area contributed by atoms with Crippen molar-refractivity contribution in [3.63, 3.8) is 0 Å². The van der Waals surface area contributed by atoms with Crippen LogP contribution in [0, 0.1) is 0 Å². The number of carbonyl (C=O) groups is 1. The Morgan fingerprint density at radius 2 is 1.84 bits per heavy atom. The van der Waals surface area contributed by atoms with Crippen LogP contribution < -0.4 is 9.47 Å². The molecular formula is C24H23N3O4S. The first kappa shape index (κ1) is 20.5. The number of likely N-dealkylation sites (tertiary alicyclic amines) is 1. The number of para-hydroxylation sites is 2. The topological polar surface area (TPSA) is 77.7 Å². The molecule has 164 valence electrons. The van der Waals surface area contributed by atoms with Crippen molar-refractivity contribution in [1.82, 2.24) is 14.9 Å². The first-order valence-electron chi connectivity index (χ1n) is 10.5. The number of carbonyl (C=O) groups excluding carboxylic acids is 1. The number of oxazole rings is 1. The molecule has 1 aliphatic rings. The van der Waals surface area contributed by atoms with Crippen LogP contribution in [0.5, 0.6) is 11.5 Å². The maximum atomic E-state index is 13.0. The van der Waals surface area contributed by atoms with Gasteiger partial charge in [-0.05, 0) is 43.2 Å². The number of nitrogens with zero attached hydrogens (tertiary/aromatic N) is 3. The quantitative estimate of drug-likeness (QED) is 0.427. The van der Waals surface area contributed by atoms with Gasteiger partial charge in [0, 0.05) is 30.0 Å². The van der Waals surface area contributed by atoms with E-state index in [1.54, 1.807) is 14.2 Å². The number of rotatable bonds is 5. The van der Waals surface area contributed by atoms with Gasteiger partial charge < -0.3 is 18.8 Å². The molecule has 1 aliphatic heterocycles. The number of hydrogen-bond acceptors (Lipinski definition) is 7. The Kier molecular flexibility index (Phi) is 5.53. The number of thiazole rings is 1. The highest BCUT2D eigenvalue weighted by Crippen LogP contribution is 2.34. The zero-order chi connectivity index (χ0) is 22.1. The number of benzene rings is 2. The van der Waals surface area contributed by atoms with Gasteiger partial charge in [0.15, 0.2) is 23.0 Å². The van der Waals surface area contributed by atoms with Gasteiger partial charge in [-0.1, -0.05) is 12.1 Å². The maximum Gasteiger partial charge on any atom is 0.273 e. The molecule has 0 radical (unpaired) electrons. The fourth-order valence-corrected chi connectivity index (χ4v) is 4.82. The van der Waals surface area contributed by atoms with Gasteiger partial charge in [0.25, 0.3) is 5.91 Å². The van der Waals surface area contributed by atoms with Crippen molar-refractivity contribution in [3.05, 3.63) is 59.4 Å². The summed E-state index contributed by atoms with van der Waals surface area (Å²) in [5.41, 5.74) is 3.05. The molecule has 5 rings (SSSR count). The predicted octanol–water partition coefficient (Wildman–Crippen LogP) is 4.99. The minimum Gasteiger partial charge on any atom is -0.493 e. The molecule has 1 saturated heterocycles. The molecule has 0 saturated carbocycles. The van der Waals surface area contributed by atoms with Crippen molar-refractivity contribution < 1.29 is 18.7 Å². The lowest BCUT2D eigenvalue weighted by molar-refractivity contribution is 0.0701. The van der Waals surface area contributed by atoms with Gasteiger partial charge in [0.1, 0.15) is 16.2 Å². The number of aromatic nitrogens is 2. The Morgan fingerprint density at radius 1 is 1.06 bits per heavy atom. The Balaban J connectivity index is 1.26. The Morgan fingerprint density at radius 3 is 2.59 bits per heavy atom. The van der Waals surface area contributed by atoms with Crippen molar-refractivity contribution in [1.29, 1.82) is 0 Å². The van der Waals surface area contributed by atoms with Crippen molar-refractivity contribution in [2.75, 3.05) is 27.3 Å². The van der Waals surface area contributed by atoms with Crippen molar-refractivity contribution >= 4 is 28.3 Å². The molecule has 3 heterocycles. The summed E-state index contributed by atoms with van der Waals surface area (Å²) < 4.78 is 16.6. The molecule has 0 N–H and O–H groups in total. The van der Waals surface area contributed by atoms with Crippen molar-refractivity contribution in [2.45, 2.75) is 18.8 Å². The molecule has 0 bridgehead atoms. The van der Waals surface area contributed by atoms with Gasteiger partial charge in [-0.15, -0.1) is 11.3 Å². The third-order valence-electron chi connectivity index (χ3n) is 5.80. The Bertz CT molecular complexity index is 1220. The van der Waals surface area contributed by atoms with Gasteiger partial charge in [0.2, 0.25) is 0 Å². The molecule has 8 heteroatoms. The number of amides is 1. The highest BCUT2D eigenvalue weighted by molar-refractivity contribution is 7.13. The largest absolute Gasteiger partial charge is 0.493 e. The molecule has 0 spiro atoms. The summed E-state index contributed by atoms with van der Waals surface area (Å²) in [5.74, 6) is 2.25. The van der Waals surface area contributed by atoms with Gasteiger partial charge in [0.05, 0.1) is 14.2 Å². The number of piperidine rings is 1. The normalized spacial score (nSPS) is 14.6. The summed E-state index contributed by atoms with van der Waals surface area (Å²) in [7, 11) is 3.20. The van der Waals surface area contributed by atoms with Gasteiger partial charge >= 0.3 is 0 Å². The van der Waals surface area contributed by atoms with E-state index in [1.165, 1.54) is 11.3 Å². The average molecular weight is 450 g/mol. The van der Waals surface area contributed by atoms with Crippen LogP contribution in [0.3, 0.4) is 0 Å². The lowest BCUT2D eigenvalue weighted by Crippen LogP contribution is -2.38. The second-order valence-electron chi connectivity index (χ2n) is 7.69. The number of fused-ring (bicyclic) bond motifs is 1. The molecule has 0 aliphatic carbocycles. The number of hydrogen-bond donors (Lipinski definition) is 0. The molecular weight excluding hydrogens is 426 g/mol. The highest BCUT2D eigenvalue weighted by atomic mass is 32.1. The lowest BCUT2D eigenvalue weighted by Gasteiger charge is -2.30. The first-order valence-corrected chi connectivity index (χ1v) is 11.4. The van der Waals surface area contributed by atoms with E-state index < -0.39 is 0 Å². The van der Waals surface area contributed by atoms with Crippen LogP contribution in [-0.2, 0) is 0 Å². The summed E-state index contributed by atoms with van der Waals surface area (Å²) in [4.78, 5) is 24.1. The lowest BCUT2D eigenvalue weighted by atomic mass is 9.96. The molecule has 32 heavy (non-hydrogen) atoms. The monoisotopic (exact) mass is 449 g/mol. The first-order chi connectivity index (χ1) is 15.7. The zero-order valence-electron chi connectivity index (χ0n) is 17.9. The van der Waals surface area contributed by atoms with Crippen molar-refractivity contribution in [2.24, 2.45) is 0 Å². The van der Waals surface area contributed by atoms with Gasteiger partial charge in [-0.25, -0.2) is 9.97 Å². The highest BCUT2D eigenvalue weighted by Gasteiger charge is 2.28. The summed E-state index contributed by atoms with van der Waals surface area (Å²) >= 11 is 1.45. The smallest absolute Gasteiger partial charge is 0.273 e. The minimum atomic E-state index is -0.0380. The average Bonchev–Trinajstić information content (AvgIpc) is 3.51. The molecule has 2 aromatic carbocycles. The minimum absolute atomic E-state index is 0.0380. The van der Waals surface area contributed by atoms with Crippen LogP contribution in [0.1, 0.15) is 35.1 Å². The SMILES string of the molecule is COc1ccc(-c2nc(C(=O)N3CCC(c4nc5ccccc5o4)CC3)cs2)cc1OC. The number of ether oxygens (including phenoxy) is 2. The van der Waals surface area contributed by atoms with Crippen LogP contribution in [0.2, 0.25) is 0 Å². The summed E-state index contributed by atoms with van der Waals surface area (Å²) in [6.07, 6.45) is 1.65. The summed E-state index contributed by atoms with van der Waals surface area (Å²) in [6.45, 7) is 1.32. The second kappa shape index (κ2) is 8.63. The van der Waals surface area contributed by atoms with E-state index in [0.29, 0.717) is 30.3 Å². The van der Waals surface area contributed by atoms with E-state index in [-0.39, 0.29) is 11.8 Å². The summed E-state index contributed by atoms with van der Waals surface area (Å²) in [5, 5.41) is 2.59. The van der Waals surface area contributed by atoms with E-state index in [1.807, 2.05) is 52.7 Å². The fourth-order valence-electron chi connectivity index (χ4n) is 4.03. The van der Waals surface area contributed by atoms with Gasteiger partial charge in [-0.2, -0.15) is 0 Å². The van der Waals surface area contributed by atoms with E-state index in [4.69, 9.17) is 13.9 Å². The van der Waals surface area contributed by atoms with E-state index in [0.717, 1.165) is 40.4 Å². The van der Waals surface area contributed by atoms with Gasteiger partial charge in [-0.3, -0.25) is 4.79 Å². The maximum absolute atomic E-state index is 13.0. The van der Waals surface area contributed by atoms with E-state index in [9.17, 15) is 4.79 Å². The van der Waals surface area contributed by atoms with Crippen molar-refractivity contribution in [3.8, 4) is 22.1 Å². The van der Waals surface area contributed by atoms with Crippen LogP contribution in [0.4, 0.5) is 0 Å². The van der Waals surface area contributed by atoms with E-state index in [2.05, 4.69) is 9.97 Å². The predicted molar refractivity (Wildman–Crippen MR) is 123 cm³/mol. The molecule has 7 nitrogen and oxygen atoms in total. The van der Waals surface area contributed by atoms with Crippen LogP contribution >= 0.6 is 11.3 Å². The molecule has 2 aromatic heterocycles. The van der Waals surface area contributed by atoms with Crippen LogP contribution in [0.15, 0.2) is 52.3 Å². The van der Waals surface area contributed by atoms with Crippen LogP contribution in [-0.4, -0.2) is 48.1 Å². The molecule has 0 atom stereocenters. The zero-order valence-corrected chi connectivity index (χ0v) is 18.7. The third-order valence-corrected chi connectivity index (χ3v) is 6.69. The molecule has 4 aromatic rings. The number of methoxy groups -OCH3 is 2. The second-order valence-corrected chi connectivity index (χ2v) is 8.55. The fraction of sp³-hybridized carbons (Fsp3) is 0.292.